The van der Waals surface area contributed by atoms with E-state index in [1.54, 1.807) is 26.6 Å². The van der Waals surface area contributed by atoms with E-state index in [4.69, 9.17) is 11.6 Å². The molecular formula is C18H22ClN5O2. The summed E-state index contributed by atoms with van der Waals surface area (Å²) in [5.41, 5.74) is 0.761. The number of carbonyl (C=O) groups excluding carboxylic acids is 2. The minimum atomic E-state index is -0.277. The molecule has 7 nitrogen and oxygen atoms in total. The number of hydrogen-bond acceptors (Lipinski definition) is 4. The summed E-state index contributed by atoms with van der Waals surface area (Å²) in [4.78, 5) is 32.8. The Bertz CT molecular complexity index is 835. The number of anilines is 1. The van der Waals surface area contributed by atoms with E-state index in [0.717, 1.165) is 11.5 Å². The first kappa shape index (κ1) is 18.4. The summed E-state index contributed by atoms with van der Waals surface area (Å²) in [6.07, 6.45) is 0. The molecule has 26 heavy (non-hydrogen) atoms. The van der Waals surface area contributed by atoms with Crippen LogP contribution in [0.1, 0.15) is 18.6 Å². The largest absolute Gasteiger partial charge is 0.331 e. The summed E-state index contributed by atoms with van der Waals surface area (Å²) in [5.74, 6) is 1.04. The molecule has 2 amide bonds. The van der Waals surface area contributed by atoms with Gasteiger partial charge in [0, 0.05) is 23.8 Å². The molecule has 8 heteroatoms. The van der Waals surface area contributed by atoms with Crippen molar-refractivity contribution in [2.45, 2.75) is 27.3 Å². The number of aromatic nitrogens is 3. The minimum absolute atomic E-state index is 0.0448. The van der Waals surface area contributed by atoms with Gasteiger partial charge in [-0.05, 0) is 32.0 Å². The van der Waals surface area contributed by atoms with Crippen molar-refractivity contribution < 1.29 is 9.59 Å². The Labute approximate surface area is 157 Å². The molecule has 0 aliphatic carbocycles. The third kappa shape index (κ3) is 3.88. The molecule has 0 unspecified atom stereocenters. The van der Waals surface area contributed by atoms with Crippen molar-refractivity contribution in [2.24, 2.45) is 5.92 Å². The van der Waals surface area contributed by atoms with Crippen molar-refractivity contribution in [3.63, 3.8) is 0 Å². The fraction of sp³-hybridized carbons (Fsp3) is 0.444. The lowest BCUT2D eigenvalue weighted by molar-refractivity contribution is -0.140. The van der Waals surface area contributed by atoms with Crippen LogP contribution in [-0.4, -0.2) is 51.1 Å². The molecule has 0 radical (unpaired) electrons. The van der Waals surface area contributed by atoms with E-state index in [2.05, 4.69) is 10.1 Å². The maximum Gasteiger partial charge on any atom is 0.246 e. The highest BCUT2D eigenvalue weighted by atomic mass is 35.5. The first-order valence-electron chi connectivity index (χ1n) is 8.58. The summed E-state index contributed by atoms with van der Waals surface area (Å²) in [6, 6.07) is 7.19. The molecule has 138 valence electrons. The normalized spacial score (nSPS) is 16.1. The topological polar surface area (TPSA) is 71.3 Å². The van der Waals surface area contributed by atoms with Crippen LogP contribution in [0.5, 0.6) is 0 Å². The fourth-order valence-electron chi connectivity index (χ4n) is 3.16. The lowest BCUT2D eigenvalue weighted by atomic mass is 10.1. The van der Waals surface area contributed by atoms with Crippen LogP contribution in [0.15, 0.2) is 24.3 Å². The summed E-state index contributed by atoms with van der Waals surface area (Å²) in [6.45, 7) is 7.02. The second-order valence-electron chi connectivity index (χ2n) is 6.57. The molecule has 3 rings (SSSR count). The Kier molecular flexibility index (Phi) is 5.27. The number of nitrogens with zero attached hydrogens (tertiary/aromatic N) is 5. The van der Waals surface area contributed by atoms with E-state index >= 15 is 0 Å². The van der Waals surface area contributed by atoms with Gasteiger partial charge in [0.05, 0.1) is 12.5 Å². The number of carbonyl (C=O) groups is 2. The Morgan fingerprint density at radius 3 is 2.69 bits per heavy atom. The van der Waals surface area contributed by atoms with Gasteiger partial charge in [0.2, 0.25) is 11.8 Å². The SMILES string of the molecule is Cc1nc(C)n(C[C@@H](C)C(=O)N2CCN(c3cccc(Cl)c3)C(=O)C2)n1. The van der Waals surface area contributed by atoms with E-state index in [1.807, 2.05) is 32.9 Å². The lowest BCUT2D eigenvalue weighted by Crippen LogP contribution is -2.53. The maximum absolute atomic E-state index is 12.7. The second-order valence-corrected chi connectivity index (χ2v) is 7.01. The van der Waals surface area contributed by atoms with Gasteiger partial charge in [-0.3, -0.25) is 9.59 Å². The van der Waals surface area contributed by atoms with Crippen molar-refractivity contribution in [3.05, 3.63) is 40.9 Å². The zero-order valence-corrected chi connectivity index (χ0v) is 15.9. The van der Waals surface area contributed by atoms with Gasteiger partial charge in [0.1, 0.15) is 18.2 Å². The van der Waals surface area contributed by atoms with Gasteiger partial charge >= 0.3 is 0 Å². The van der Waals surface area contributed by atoms with Crippen molar-refractivity contribution in [3.8, 4) is 0 Å². The van der Waals surface area contributed by atoms with Crippen molar-refractivity contribution >= 4 is 29.1 Å². The van der Waals surface area contributed by atoms with Gasteiger partial charge in [0.25, 0.3) is 0 Å². The Hall–Kier alpha value is -2.41. The smallest absolute Gasteiger partial charge is 0.246 e. The average Bonchev–Trinajstić information content (AvgIpc) is 2.91. The molecular weight excluding hydrogens is 354 g/mol. The van der Waals surface area contributed by atoms with Crippen LogP contribution >= 0.6 is 11.6 Å². The van der Waals surface area contributed by atoms with Crippen molar-refractivity contribution in [1.82, 2.24) is 19.7 Å². The van der Waals surface area contributed by atoms with Crippen molar-refractivity contribution in [2.75, 3.05) is 24.5 Å². The highest BCUT2D eigenvalue weighted by Gasteiger charge is 2.30. The molecule has 1 aromatic carbocycles. The highest BCUT2D eigenvalue weighted by Crippen LogP contribution is 2.22. The van der Waals surface area contributed by atoms with Gasteiger partial charge in [-0.2, -0.15) is 5.10 Å². The van der Waals surface area contributed by atoms with Crippen LogP contribution in [0.3, 0.4) is 0 Å². The minimum Gasteiger partial charge on any atom is -0.331 e. The quantitative estimate of drug-likeness (QED) is 0.820. The van der Waals surface area contributed by atoms with Gasteiger partial charge in [0.15, 0.2) is 0 Å². The first-order chi connectivity index (χ1) is 12.3. The maximum atomic E-state index is 12.7. The highest BCUT2D eigenvalue weighted by molar-refractivity contribution is 6.30. The molecule has 0 bridgehead atoms. The Morgan fingerprint density at radius 1 is 1.31 bits per heavy atom. The molecule has 0 saturated carbocycles. The summed E-state index contributed by atoms with van der Waals surface area (Å²) < 4.78 is 1.74. The zero-order valence-electron chi connectivity index (χ0n) is 15.1. The molecule has 1 aliphatic rings. The number of hydrogen-bond donors (Lipinski definition) is 0. The zero-order chi connectivity index (χ0) is 18.8. The number of rotatable bonds is 4. The monoisotopic (exact) mass is 375 g/mol. The van der Waals surface area contributed by atoms with Crippen LogP contribution in [0, 0.1) is 19.8 Å². The van der Waals surface area contributed by atoms with E-state index in [-0.39, 0.29) is 24.3 Å². The van der Waals surface area contributed by atoms with E-state index in [9.17, 15) is 9.59 Å². The molecule has 0 N–H and O–H groups in total. The predicted octanol–water partition coefficient (Wildman–Crippen LogP) is 2.06. The molecule has 1 atom stereocenters. The number of benzene rings is 1. The lowest BCUT2D eigenvalue weighted by Gasteiger charge is -2.35. The number of piperazine rings is 1. The summed E-state index contributed by atoms with van der Waals surface area (Å²) >= 11 is 6.01. The molecule has 2 heterocycles. The van der Waals surface area contributed by atoms with Gasteiger partial charge in [-0.1, -0.05) is 24.6 Å². The fourth-order valence-corrected chi connectivity index (χ4v) is 3.35. The molecule has 1 fully saturated rings. The Balaban J connectivity index is 1.63. The van der Waals surface area contributed by atoms with Crippen LogP contribution in [0.4, 0.5) is 5.69 Å². The number of aryl methyl sites for hydroxylation is 2. The van der Waals surface area contributed by atoms with Crippen molar-refractivity contribution in [1.29, 1.82) is 0 Å². The predicted molar refractivity (Wildman–Crippen MR) is 99.0 cm³/mol. The van der Waals surface area contributed by atoms with E-state index in [1.165, 1.54) is 0 Å². The first-order valence-corrected chi connectivity index (χ1v) is 8.95. The third-order valence-electron chi connectivity index (χ3n) is 4.48. The number of halogens is 1. The molecule has 1 saturated heterocycles. The van der Waals surface area contributed by atoms with Gasteiger partial charge < -0.3 is 9.80 Å². The van der Waals surface area contributed by atoms with Crippen LogP contribution in [0.25, 0.3) is 0 Å². The molecule has 2 aromatic rings. The summed E-state index contributed by atoms with van der Waals surface area (Å²) in [5, 5.41) is 4.88. The van der Waals surface area contributed by atoms with E-state index < -0.39 is 0 Å². The molecule has 1 aliphatic heterocycles. The average molecular weight is 376 g/mol. The second kappa shape index (κ2) is 7.45. The van der Waals surface area contributed by atoms with Gasteiger partial charge in [-0.15, -0.1) is 0 Å². The summed E-state index contributed by atoms with van der Waals surface area (Å²) in [7, 11) is 0. The Morgan fingerprint density at radius 2 is 2.08 bits per heavy atom. The third-order valence-corrected chi connectivity index (χ3v) is 4.72. The standard InChI is InChI=1S/C18H22ClN5O2/c1-12(10-24-14(3)20-13(2)21-24)18(26)22-7-8-23(17(25)11-22)16-6-4-5-15(19)9-16/h4-6,9,12H,7-8,10-11H2,1-3H3/t12-/m1/s1. The molecule has 1 aromatic heterocycles. The van der Waals surface area contributed by atoms with Crippen LogP contribution < -0.4 is 4.90 Å². The van der Waals surface area contributed by atoms with Crippen LogP contribution in [0.2, 0.25) is 5.02 Å². The van der Waals surface area contributed by atoms with E-state index in [0.29, 0.717) is 30.5 Å². The van der Waals surface area contributed by atoms with Crippen LogP contribution in [-0.2, 0) is 16.1 Å². The molecule has 0 spiro atoms. The van der Waals surface area contributed by atoms with Gasteiger partial charge in [-0.25, -0.2) is 9.67 Å². The number of amides is 2.